The molecule has 0 fully saturated rings. The van der Waals surface area contributed by atoms with Crippen molar-refractivity contribution >= 4 is 5.97 Å². The molecule has 19 heavy (non-hydrogen) atoms. The molecule has 4 heteroatoms. The minimum absolute atomic E-state index is 0.256. The van der Waals surface area contributed by atoms with Gasteiger partial charge in [-0.3, -0.25) is 4.98 Å². The van der Waals surface area contributed by atoms with Crippen LogP contribution in [0.4, 0.5) is 0 Å². The predicted molar refractivity (Wildman–Crippen MR) is 73.2 cm³/mol. The van der Waals surface area contributed by atoms with E-state index in [1.54, 1.807) is 6.20 Å². The molecule has 4 nitrogen and oxygen atoms in total. The minimum atomic E-state index is -0.256. The highest BCUT2D eigenvalue weighted by atomic mass is 16.5. The molecule has 100 valence electrons. The fourth-order valence-corrected chi connectivity index (χ4v) is 2.13. The zero-order valence-electron chi connectivity index (χ0n) is 11.5. The van der Waals surface area contributed by atoms with Crippen molar-refractivity contribution in [3.05, 3.63) is 53.1 Å². The Hall–Kier alpha value is -2.10. The van der Waals surface area contributed by atoms with Crippen LogP contribution in [0.3, 0.4) is 0 Å². The maximum absolute atomic E-state index is 11.8. The number of rotatable bonds is 4. The fraction of sp³-hybridized carbons (Fsp3) is 0.333. The molecule has 0 aliphatic heterocycles. The van der Waals surface area contributed by atoms with Crippen LogP contribution in [0, 0.1) is 13.8 Å². The van der Waals surface area contributed by atoms with E-state index >= 15 is 0 Å². The molecule has 2 aromatic heterocycles. The van der Waals surface area contributed by atoms with E-state index in [-0.39, 0.29) is 5.97 Å². The largest absolute Gasteiger partial charge is 0.462 e. The molecule has 0 aromatic carbocycles. The molecule has 0 saturated carbocycles. The van der Waals surface area contributed by atoms with E-state index in [1.165, 1.54) is 0 Å². The van der Waals surface area contributed by atoms with Gasteiger partial charge in [-0.1, -0.05) is 6.07 Å². The van der Waals surface area contributed by atoms with Gasteiger partial charge < -0.3 is 9.30 Å². The highest BCUT2D eigenvalue weighted by Gasteiger charge is 2.16. The van der Waals surface area contributed by atoms with Gasteiger partial charge in [0.25, 0.3) is 0 Å². The summed E-state index contributed by atoms with van der Waals surface area (Å²) in [6, 6.07) is 5.81. The minimum Gasteiger partial charge on any atom is -0.462 e. The molecule has 0 radical (unpaired) electrons. The van der Waals surface area contributed by atoms with E-state index in [9.17, 15) is 4.79 Å². The number of ether oxygens (including phenoxy) is 1. The number of esters is 1. The molecule has 0 atom stereocenters. The van der Waals surface area contributed by atoms with Crippen molar-refractivity contribution in [1.29, 1.82) is 0 Å². The van der Waals surface area contributed by atoms with Crippen LogP contribution in [0.5, 0.6) is 0 Å². The molecule has 0 spiro atoms. The highest BCUT2D eigenvalue weighted by Crippen LogP contribution is 2.17. The van der Waals surface area contributed by atoms with Gasteiger partial charge >= 0.3 is 5.97 Å². The van der Waals surface area contributed by atoms with Crippen molar-refractivity contribution in [3.63, 3.8) is 0 Å². The first kappa shape index (κ1) is 13.3. The molecule has 0 unspecified atom stereocenters. The first-order valence-electron chi connectivity index (χ1n) is 6.36. The average Bonchev–Trinajstić information content (AvgIpc) is 2.68. The zero-order chi connectivity index (χ0) is 13.8. The van der Waals surface area contributed by atoms with E-state index in [2.05, 4.69) is 9.55 Å². The van der Waals surface area contributed by atoms with E-state index in [1.807, 2.05) is 45.2 Å². The lowest BCUT2D eigenvalue weighted by Crippen LogP contribution is -2.08. The second kappa shape index (κ2) is 5.69. The van der Waals surface area contributed by atoms with Crippen molar-refractivity contribution < 1.29 is 9.53 Å². The summed E-state index contributed by atoms with van der Waals surface area (Å²) in [5.41, 5.74) is 3.73. The number of nitrogens with zero attached hydrogens (tertiary/aromatic N) is 2. The second-order valence-corrected chi connectivity index (χ2v) is 4.45. The van der Waals surface area contributed by atoms with Gasteiger partial charge in [-0.05, 0) is 38.5 Å². The zero-order valence-corrected chi connectivity index (χ0v) is 11.5. The Morgan fingerprint density at radius 3 is 2.84 bits per heavy atom. The normalized spacial score (nSPS) is 10.5. The lowest BCUT2D eigenvalue weighted by Gasteiger charge is -2.09. The molecular formula is C15H18N2O2. The summed E-state index contributed by atoms with van der Waals surface area (Å²) >= 11 is 0. The molecular weight excluding hydrogens is 240 g/mol. The van der Waals surface area contributed by atoms with E-state index in [4.69, 9.17) is 4.74 Å². The number of hydrogen-bond acceptors (Lipinski definition) is 3. The van der Waals surface area contributed by atoms with Gasteiger partial charge in [0.15, 0.2) is 0 Å². The summed E-state index contributed by atoms with van der Waals surface area (Å²) in [7, 11) is 0. The van der Waals surface area contributed by atoms with Crippen LogP contribution in [0.15, 0.2) is 30.6 Å². The molecule has 2 aromatic rings. The van der Waals surface area contributed by atoms with E-state index in [0.717, 1.165) is 17.0 Å². The predicted octanol–water partition coefficient (Wildman–Crippen LogP) is 2.72. The molecule has 0 N–H and O–H groups in total. The lowest BCUT2D eigenvalue weighted by molar-refractivity contribution is 0.0525. The van der Waals surface area contributed by atoms with Crippen LogP contribution < -0.4 is 0 Å². The maximum atomic E-state index is 11.8. The number of aromatic nitrogens is 2. The summed E-state index contributed by atoms with van der Waals surface area (Å²) in [4.78, 5) is 15.9. The second-order valence-electron chi connectivity index (χ2n) is 4.45. The number of carbonyl (C=O) groups is 1. The van der Waals surface area contributed by atoms with Crippen LogP contribution in [-0.4, -0.2) is 22.1 Å². The van der Waals surface area contributed by atoms with Crippen molar-refractivity contribution in [1.82, 2.24) is 9.55 Å². The third-order valence-corrected chi connectivity index (χ3v) is 3.13. The first-order chi connectivity index (χ1) is 9.13. The third-order valence-electron chi connectivity index (χ3n) is 3.13. The van der Waals surface area contributed by atoms with Crippen LogP contribution in [0.1, 0.15) is 34.2 Å². The number of pyridine rings is 1. The van der Waals surface area contributed by atoms with E-state index in [0.29, 0.717) is 18.7 Å². The molecule has 0 amide bonds. The van der Waals surface area contributed by atoms with E-state index < -0.39 is 0 Å². The molecule has 2 heterocycles. The van der Waals surface area contributed by atoms with Gasteiger partial charge in [0.1, 0.15) is 0 Å². The molecule has 0 aliphatic carbocycles. The van der Waals surface area contributed by atoms with Gasteiger partial charge in [-0.25, -0.2) is 4.79 Å². The summed E-state index contributed by atoms with van der Waals surface area (Å²) in [5, 5.41) is 0. The molecule has 0 bridgehead atoms. The fourth-order valence-electron chi connectivity index (χ4n) is 2.13. The Labute approximate surface area is 113 Å². The molecule has 0 saturated heterocycles. The van der Waals surface area contributed by atoms with Crippen LogP contribution in [-0.2, 0) is 11.3 Å². The summed E-state index contributed by atoms with van der Waals surface area (Å²) in [6.45, 7) is 6.85. The maximum Gasteiger partial charge on any atom is 0.339 e. The topological polar surface area (TPSA) is 44.1 Å². The Balaban J connectivity index is 2.29. The van der Waals surface area contributed by atoms with Gasteiger partial charge in [0.2, 0.25) is 0 Å². The van der Waals surface area contributed by atoms with Crippen LogP contribution in [0.2, 0.25) is 0 Å². The third kappa shape index (κ3) is 2.84. The van der Waals surface area contributed by atoms with Crippen molar-refractivity contribution in [2.45, 2.75) is 27.3 Å². The van der Waals surface area contributed by atoms with Gasteiger partial charge in [-0.2, -0.15) is 0 Å². The Bertz CT molecular complexity index is 573. The number of carbonyl (C=O) groups excluding carboxylic acids is 1. The SMILES string of the molecule is CCOC(=O)c1cc(C)n(Cc2cccnc2)c1C. The van der Waals surface area contributed by atoms with Gasteiger partial charge in [-0.15, -0.1) is 0 Å². The Morgan fingerprint density at radius 1 is 1.42 bits per heavy atom. The molecule has 0 aliphatic rings. The van der Waals surface area contributed by atoms with Crippen LogP contribution in [0.25, 0.3) is 0 Å². The van der Waals surface area contributed by atoms with Gasteiger partial charge in [0.05, 0.1) is 12.2 Å². The highest BCUT2D eigenvalue weighted by molar-refractivity contribution is 5.91. The van der Waals surface area contributed by atoms with Crippen molar-refractivity contribution in [2.24, 2.45) is 0 Å². The smallest absolute Gasteiger partial charge is 0.339 e. The Kier molecular flexibility index (Phi) is 4.00. The average molecular weight is 258 g/mol. The first-order valence-corrected chi connectivity index (χ1v) is 6.36. The quantitative estimate of drug-likeness (QED) is 0.792. The number of hydrogen-bond donors (Lipinski definition) is 0. The summed E-state index contributed by atoms with van der Waals surface area (Å²) < 4.78 is 7.16. The van der Waals surface area contributed by atoms with Crippen LogP contribution >= 0.6 is 0 Å². The number of aryl methyl sites for hydroxylation is 1. The standard InChI is InChI=1S/C15H18N2O2/c1-4-19-15(18)14-8-11(2)17(12(14)3)10-13-6-5-7-16-9-13/h5-9H,4,10H2,1-3H3. The molecule has 2 rings (SSSR count). The summed E-state index contributed by atoms with van der Waals surface area (Å²) in [5.74, 6) is -0.256. The monoisotopic (exact) mass is 258 g/mol. The van der Waals surface area contributed by atoms with Crippen molar-refractivity contribution in [2.75, 3.05) is 6.61 Å². The summed E-state index contributed by atoms with van der Waals surface area (Å²) in [6.07, 6.45) is 3.59. The van der Waals surface area contributed by atoms with Crippen molar-refractivity contribution in [3.8, 4) is 0 Å². The Morgan fingerprint density at radius 2 is 2.21 bits per heavy atom. The lowest BCUT2D eigenvalue weighted by atomic mass is 10.2. The van der Waals surface area contributed by atoms with Gasteiger partial charge in [0, 0.05) is 30.3 Å².